The molecule has 0 aromatic heterocycles. The number of morpholine rings is 1. The van der Waals surface area contributed by atoms with Crippen LogP contribution in [0, 0.1) is 5.92 Å². The van der Waals surface area contributed by atoms with E-state index in [4.69, 9.17) is 9.47 Å². The minimum Gasteiger partial charge on any atom is -0.378 e. The van der Waals surface area contributed by atoms with Crippen LogP contribution in [0.4, 0.5) is 4.79 Å². The molecule has 3 aromatic rings. The first-order valence-electron chi connectivity index (χ1n) is 14.9. The number of ketones is 1. The smallest absolute Gasteiger partial charge is 0.321 e. The minimum absolute atomic E-state index is 0.0550. The van der Waals surface area contributed by atoms with Crippen molar-refractivity contribution in [3.63, 3.8) is 0 Å². The number of rotatable bonds is 7. The SMILES string of the molecule is O=C(c1ccccc1)C1C(c2ccccc2)C(C(=O)NCC2CCCO2)N(C(=O)N2CCOCC2)C1c1ccccc1. The second kappa shape index (κ2) is 12.9. The maximum atomic E-state index is 14.6. The Labute approximate surface area is 246 Å². The third-order valence-corrected chi connectivity index (χ3v) is 8.65. The number of carbonyl (C=O) groups excluding carboxylic acids is 3. The summed E-state index contributed by atoms with van der Waals surface area (Å²) >= 11 is 0. The molecule has 3 aromatic carbocycles. The number of nitrogens with one attached hydrogen (secondary N) is 1. The van der Waals surface area contributed by atoms with E-state index in [-0.39, 0.29) is 23.8 Å². The highest BCUT2D eigenvalue weighted by molar-refractivity contribution is 6.01. The Morgan fingerprint density at radius 2 is 1.40 bits per heavy atom. The molecule has 3 amide bonds. The van der Waals surface area contributed by atoms with Crippen LogP contribution in [0.3, 0.4) is 0 Å². The minimum atomic E-state index is -0.910. The molecule has 1 N–H and O–H groups in total. The van der Waals surface area contributed by atoms with E-state index < -0.39 is 23.9 Å². The number of hydrogen-bond acceptors (Lipinski definition) is 5. The molecule has 218 valence electrons. The van der Waals surface area contributed by atoms with Crippen LogP contribution in [-0.2, 0) is 14.3 Å². The normalized spacial score (nSPS) is 25.8. The summed E-state index contributed by atoms with van der Waals surface area (Å²) < 4.78 is 11.3. The van der Waals surface area contributed by atoms with Crippen molar-refractivity contribution in [1.82, 2.24) is 15.1 Å². The molecule has 5 unspecified atom stereocenters. The predicted octanol–water partition coefficient (Wildman–Crippen LogP) is 4.44. The maximum Gasteiger partial charge on any atom is 0.321 e. The lowest BCUT2D eigenvalue weighted by Crippen LogP contribution is -2.55. The van der Waals surface area contributed by atoms with Crippen molar-refractivity contribution in [3.05, 3.63) is 108 Å². The summed E-state index contributed by atoms with van der Waals surface area (Å²) in [5.41, 5.74) is 2.23. The molecular formula is C34H37N3O5. The average Bonchev–Trinajstić information content (AvgIpc) is 3.71. The number of carbonyl (C=O) groups is 3. The van der Waals surface area contributed by atoms with Crippen LogP contribution >= 0.6 is 0 Å². The van der Waals surface area contributed by atoms with E-state index in [1.165, 1.54) is 0 Å². The van der Waals surface area contributed by atoms with E-state index in [0.29, 0.717) is 45.0 Å². The van der Waals surface area contributed by atoms with Crippen molar-refractivity contribution < 1.29 is 23.9 Å². The average molecular weight is 568 g/mol. The van der Waals surface area contributed by atoms with Gasteiger partial charge in [-0.3, -0.25) is 9.59 Å². The summed E-state index contributed by atoms with van der Waals surface area (Å²) in [5.74, 6) is -1.63. The first-order chi connectivity index (χ1) is 20.6. The molecule has 8 nitrogen and oxygen atoms in total. The number of likely N-dealkylation sites (tertiary alicyclic amines) is 1. The van der Waals surface area contributed by atoms with E-state index in [0.717, 1.165) is 24.0 Å². The molecule has 3 aliphatic heterocycles. The standard InChI is InChI=1S/C34H37N3O5/c38-32(26-15-8-3-9-16-26)29-28(24-11-4-1-5-12-24)31(33(39)35-23-27-17-10-20-42-27)37(30(29)25-13-6-2-7-14-25)34(40)36-18-21-41-22-19-36/h1-9,11-16,27-31H,10,17-23H2,(H,35,39). The molecule has 0 radical (unpaired) electrons. The predicted molar refractivity (Wildman–Crippen MR) is 158 cm³/mol. The Balaban J connectivity index is 1.50. The summed E-state index contributed by atoms with van der Waals surface area (Å²) in [7, 11) is 0. The van der Waals surface area contributed by atoms with Crippen LogP contribution < -0.4 is 5.32 Å². The number of ether oxygens (including phenoxy) is 2. The van der Waals surface area contributed by atoms with Gasteiger partial charge in [-0.25, -0.2) is 4.79 Å². The van der Waals surface area contributed by atoms with Gasteiger partial charge in [-0.2, -0.15) is 0 Å². The molecule has 42 heavy (non-hydrogen) atoms. The van der Waals surface area contributed by atoms with E-state index in [9.17, 15) is 14.4 Å². The Kier molecular flexibility index (Phi) is 8.63. The second-order valence-electron chi connectivity index (χ2n) is 11.2. The maximum absolute atomic E-state index is 14.6. The zero-order valence-electron chi connectivity index (χ0n) is 23.6. The fourth-order valence-electron chi connectivity index (χ4n) is 6.67. The highest BCUT2D eigenvalue weighted by atomic mass is 16.5. The molecule has 3 aliphatic rings. The quantitative estimate of drug-likeness (QED) is 0.427. The zero-order chi connectivity index (χ0) is 28.9. The molecule has 0 aliphatic carbocycles. The van der Waals surface area contributed by atoms with Crippen LogP contribution in [0.25, 0.3) is 0 Å². The van der Waals surface area contributed by atoms with Crippen LogP contribution in [0.15, 0.2) is 91.0 Å². The lowest BCUT2D eigenvalue weighted by Gasteiger charge is -2.37. The highest BCUT2D eigenvalue weighted by Crippen LogP contribution is 2.51. The van der Waals surface area contributed by atoms with Gasteiger partial charge in [0.25, 0.3) is 0 Å². The monoisotopic (exact) mass is 567 g/mol. The summed E-state index contributed by atoms with van der Waals surface area (Å²) in [6.07, 6.45) is 1.79. The summed E-state index contributed by atoms with van der Waals surface area (Å²) in [6, 6.07) is 26.7. The van der Waals surface area contributed by atoms with Crippen molar-refractivity contribution in [1.29, 1.82) is 0 Å². The van der Waals surface area contributed by atoms with Gasteiger partial charge in [0, 0.05) is 37.7 Å². The van der Waals surface area contributed by atoms with Crippen LogP contribution in [0.5, 0.6) is 0 Å². The summed E-state index contributed by atoms with van der Waals surface area (Å²) in [4.78, 5) is 46.9. The van der Waals surface area contributed by atoms with Gasteiger partial charge in [-0.05, 0) is 24.0 Å². The highest BCUT2D eigenvalue weighted by Gasteiger charge is 2.58. The number of urea groups is 1. The fourth-order valence-corrected chi connectivity index (χ4v) is 6.67. The first-order valence-corrected chi connectivity index (χ1v) is 14.9. The van der Waals surface area contributed by atoms with Gasteiger partial charge < -0.3 is 24.6 Å². The third-order valence-electron chi connectivity index (χ3n) is 8.65. The summed E-state index contributed by atoms with van der Waals surface area (Å²) in [6.45, 7) is 2.76. The van der Waals surface area contributed by atoms with Crippen LogP contribution in [0.1, 0.15) is 46.3 Å². The van der Waals surface area contributed by atoms with Crippen LogP contribution in [-0.4, -0.2) is 79.1 Å². The van der Waals surface area contributed by atoms with E-state index in [1.54, 1.807) is 9.80 Å². The van der Waals surface area contributed by atoms with Crippen LogP contribution in [0.2, 0.25) is 0 Å². The molecule has 3 saturated heterocycles. The Morgan fingerprint density at radius 3 is 2.02 bits per heavy atom. The first kappa shape index (κ1) is 28.1. The number of amides is 3. The second-order valence-corrected chi connectivity index (χ2v) is 11.2. The van der Waals surface area contributed by atoms with E-state index in [1.807, 2.05) is 91.0 Å². The lowest BCUT2D eigenvalue weighted by atomic mass is 9.76. The molecule has 0 bridgehead atoms. The third kappa shape index (κ3) is 5.69. The zero-order valence-corrected chi connectivity index (χ0v) is 23.6. The largest absolute Gasteiger partial charge is 0.378 e. The van der Waals surface area contributed by atoms with Gasteiger partial charge in [0.2, 0.25) is 5.91 Å². The number of hydrogen-bond donors (Lipinski definition) is 1. The number of Topliss-reactive ketones (excluding diaryl/α,β-unsaturated/α-hetero) is 1. The Morgan fingerprint density at radius 1 is 0.786 bits per heavy atom. The van der Waals surface area contributed by atoms with Gasteiger partial charge in [-0.15, -0.1) is 0 Å². The molecule has 6 rings (SSSR count). The molecular weight excluding hydrogens is 530 g/mol. The van der Waals surface area contributed by atoms with Crippen molar-refractivity contribution in [2.75, 3.05) is 39.5 Å². The Bertz CT molecular complexity index is 1360. The van der Waals surface area contributed by atoms with Crippen molar-refractivity contribution in [3.8, 4) is 0 Å². The fraction of sp³-hybridized carbons (Fsp3) is 0.382. The molecule has 5 atom stereocenters. The van der Waals surface area contributed by atoms with Crippen molar-refractivity contribution in [2.45, 2.75) is 36.9 Å². The molecule has 8 heteroatoms. The Hall–Kier alpha value is -4.01. The van der Waals surface area contributed by atoms with Gasteiger partial charge in [0.15, 0.2) is 5.78 Å². The molecule has 0 saturated carbocycles. The van der Waals surface area contributed by atoms with Crippen molar-refractivity contribution in [2.24, 2.45) is 5.92 Å². The lowest BCUT2D eigenvalue weighted by molar-refractivity contribution is -0.126. The van der Waals surface area contributed by atoms with Gasteiger partial charge in [-0.1, -0.05) is 91.0 Å². The van der Waals surface area contributed by atoms with Gasteiger partial charge in [0.1, 0.15) is 6.04 Å². The number of nitrogens with zero attached hydrogens (tertiary/aromatic N) is 2. The molecule has 3 fully saturated rings. The van der Waals surface area contributed by atoms with Crippen molar-refractivity contribution >= 4 is 17.7 Å². The van der Waals surface area contributed by atoms with E-state index in [2.05, 4.69) is 5.32 Å². The van der Waals surface area contributed by atoms with E-state index >= 15 is 0 Å². The van der Waals surface area contributed by atoms with Gasteiger partial charge >= 0.3 is 6.03 Å². The van der Waals surface area contributed by atoms with Gasteiger partial charge in [0.05, 0.1) is 31.3 Å². The topological polar surface area (TPSA) is 88.2 Å². The molecule has 0 spiro atoms. The molecule has 3 heterocycles. The number of benzene rings is 3. The summed E-state index contributed by atoms with van der Waals surface area (Å²) in [5, 5.41) is 3.11.